The first-order valence-electron chi connectivity index (χ1n) is 7.21. The van der Waals surface area contributed by atoms with Crippen molar-refractivity contribution in [2.75, 3.05) is 39.3 Å². The highest BCUT2D eigenvalue weighted by molar-refractivity contribution is 5.01. The minimum absolute atomic E-state index is 0.752. The SMILES string of the molecule is C/C=C\CN/C(N)=C\C/C=C/CN1CCCNCC1. The predicted molar refractivity (Wildman–Crippen MR) is 82.8 cm³/mol. The van der Waals surface area contributed by atoms with Gasteiger partial charge >= 0.3 is 0 Å². The molecule has 1 rings (SSSR count). The van der Waals surface area contributed by atoms with Gasteiger partial charge in [0, 0.05) is 26.2 Å². The summed E-state index contributed by atoms with van der Waals surface area (Å²) in [4.78, 5) is 2.48. The van der Waals surface area contributed by atoms with Gasteiger partial charge in [0.15, 0.2) is 0 Å². The van der Waals surface area contributed by atoms with Crippen LogP contribution in [0.4, 0.5) is 0 Å². The zero-order valence-electron chi connectivity index (χ0n) is 12.1. The molecule has 0 unspecified atom stereocenters. The van der Waals surface area contributed by atoms with Gasteiger partial charge in [-0.25, -0.2) is 0 Å². The lowest BCUT2D eigenvalue weighted by molar-refractivity contribution is 0.324. The van der Waals surface area contributed by atoms with Crippen LogP contribution in [-0.2, 0) is 0 Å². The third-order valence-electron chi connectivity index (χ3n) is 3.10. The maximum absolute atomic E-state index is 5.82. The van der Waals surface area contributed by atoms with Crippen molar-refractivity contribution in [1.82, 2.24) is 15.5 Å². The standard InChI is InChI=1S/C15H28N4/c1-2-3-10-18-15(16)8-5-4-6-12-19-13-7-9-17-11-14-19/h2-4,6,8,17-18H,5,7,9-14,16H2,1H3/b3-2-,6-4+,15-8-. The Balaban J connectivity index is 2.13. The third kappa shape index (κ3) is 8.46. The summed E-state index contributed by atoms with van der Waals surface area (Å²) in [6, 6.07) is 0. The molecule has 0 aliphatic carbocycles. The van der Waals surface area contributed by atoms with Gasteiger partial charge < -0.3 is 16.4 Å². The average molecular weight is 264 g/mol. The van der Waals surface area contributed by atoms with Gasteiger partial charge in [-0.1, -0.05) is 24.3 Å². The third-order valence-corrected chi connectivity index (χ3v) is 3.10. The fourth-order valence-electron chi connectivity index (χ4n) is 1.97. The molecule has 0 aromatic rings. The van der Waals surface area contributed by atoms with Crippen LogP contribution >= 0.6 is 0 Å². The van der Waals surface area contributed by atoms with Crippen LogP contribution in [-0.4, -0.2) is 44.2 Å². The zero-order chi connectivity index (χ0) is 13.8. The summed E-state index contributed by atoms with van der Waals surface area (Å²) in [5, 5.41) is 6.54. The molecule has 0 spiro atoms. The first-order chi connectivity index (χ1) is 9.33. The molecule has 1 fully saturated rings. The summed E-state index contributed by atoms with van der Waals surface area (Å²) in [6.45, 7) is 8.44. The Labute approximate surface area is 117 Å². The van der Waals surface area contributed by atoms with E-state index < -0.39 is 0 Å². The van der Waals surface area contributed by atoms with E-state index in [1.54, 1.807) is 0 Å². The Morgan fingerprint density at radius 2 is 2.16 bits per heavy atom. The Bertz CT molecular complexity index is 299. The van der Waals surface area contributed by atoms with Crippen molar-refractivity contribution in [2.45, 2.75) is 19.8 Å². The van der Waals surface area contributed by atoms with Crippen molar-refractivity contribution in [1.29, 1.82) is 0 Å². The van der Waals surface area contributed by atoms with Gasteiger partial charge in [-0.05, 0) is 38.9 Å². The molecular weight excluding hydrogens is 236 g/mol. The molecule has 0 bridgehead atoms. The van der Waals surface area contributed by atoms with Crippen LogP contribution < -0.4 is 16.4 Å². The van der Waals surface area contributed by atoms with E-state index >= 15 is 0 Å². The molecule has 0 aromatic carbocycles. The molecule has 1 aliphatic rings. The van der Waals surface area contributed by atoms with E-state index in [0.29, 0.717) is 0 Å². The topological polar surface area (TPSA) is 53.3 Å². The Hall–Kier alpha value is -1.26. The van der Waals surface area contributed by atoms with Crippen LogP contribution in [0.5, 0.6) is 0 Å². The molecule has 1 saturated heterocycles. The van der Waals surface area contributed by atoms with Crippen molar-refractivity contribution in [3.8, 4) is 0 Å². The smallest absolute Gasteiger partial charge is 0.0924 e. The van der Waals surface area contributed by atoms with E-state index in [-0.39, 0.29) is 0 Å². The van der Waals surface area contributed by atoms with Crippen molar-refractivity contribution in [3.05, 3.63) is 36.2 Å². The first-order valence-corrected chi connectivity index (χ1v) is 7.21. The summed E-state index contributed by atoms with van der Waals surface area (Å²) in [6.07, 6.45) is 12.6. The quantitative estimate of drug-likeness (QED) is 0.605. The van der Waals surface area contributed by atoms with E-state index in [0.717, 1.165) is 45.0 Å². The molecule has 0 amide bonds. The van der Waals surface area contributed by atoms with Gasteiger partial charge in [-0.3, -0.25) is 4.90 Å². The molecule has 0 radical (unpaired) electrons. The minimum atomic E-state index is 0.752. The van der Waals surface area contributed by atoms with Crippen LogP contribution in [0.25, 0.3) is 0 Å². The Morgan fingerprint density at radius 1 is 1.26 bits per heavy atom. The number of rotatable bonds is 7. The van der Waals surface area contributed by atoms with Crippen molar-refractivity contribution in [3.63, 3.8) is 0 Å². The molecule has 1 heterocycles. The maximum atomic E-state index is 5.82. The summed E-state index contributed by atoms with van der Waals surface area (Å²) in [5.74, 6) is 0.752. The highest BCUT2D eigenvalue weighted by Gasteiger charge is 2.05. The van der Waals surface area contributed by atoms with Crippen LogP contribution in [0.2, 0.25) is 0 Å². The van der Waals surface area contributed by atoms with Crippen molar-refractivity contribution >= 4 is 0 Å². The second-order valence-corrected chi connectivity index (χ2v) is 4.72. The molecular formula is C15H28N4. The molecule has 4 N–H and O–H groups in total. The fourth-order valence-corrected chi connectivity index (χ4v) is 1.97. The molecule has 0 aromatic heterocycles. The second kappa shape index (κ2) is 10.6. The largest absolute Gasteiger partial charge is 0.386 e. The van der Waals surface area contributed by atoms with E-state index in [9.17, 15) is 0 Å². The summed E-state index contributed by atoms with van der Waals surface area (Å²) in [5.41, 5.74) is 5.82. The van der Waals surface area contributed by atoms with Crippen LogP contribution in [0.3, 0.4) is 0 Å². The monoisotopic (exact) mass is 264 g/mol. The highest BCUT2D eigenvalue weighted by Crippen LogP contribution is 1.96. The van der Waals surface area contributed by atoms with Crippen LogP contribution in [0, 0.1) is 0 Å². The van der Waals surface area contributed by atoms with Gasteiger partial charge in [0.1, 0.15) is 0 Å². The number of nitrogens with zero attached hydrogens (tertiary/aromatic N) is 1. The predicted octanol–water partition coefficient (Wildman–Crippen LogP) is 1.19. The molecule has 4 heteroatoms. The van der Waals surface area contributed by atoms with Gasteiger partial charge in [-0.15, -0.1) is 0 Å². The number of hydrogen-bond acceptors (Lipinski definition) is 4. The van der Waals surface area contributed by atoms with E-state index in [1.807, 2.05) is 25.2 Å². The highest BCUT2D eigenvalue weighted by atomic mass is 15.1. The zero-order valence-corrected chi connectivity index (χ0v) is 12.1. The van der Waals surface area contributed by atoms with E-state index in [2.05, 4.69) is 27.7 Å². The Kier molecular flexibility index (Phi) is 8.85. The maximum Gasteiger partial charge on any atom is 0.0924 e. The lowest BCUT2D eigenvalue weighted by Gasteiger charge is -2.16. The Morgan fingerprint density at radius 3 is 3.00 bits per heavy atom. The molecule has 19 heavy (non-hydrogen) atoms. The summed E-state index contributed by atoms with van der Waals surface area (Å²) < 4.78 is 0. The molecule has 4 nitrogen and oxygen atoms in total. The molecule has 0 saturated carbocycles. The van der Waals surface area contributed by atoms with Crippen LogP contribution in [0.1, 0.15) is 19.8 Å². The fraction of sp³-hybridized carbons (Fsp3) is 0.600. The van der Waals surface area contributed by atoms with Gasteiger partial charge in [0.2, 0.25) is 0 Å². The van der Waals surface area contributed by atoms with Crippen molar-refractivity contribution in [2.24, 2.45) is 5.73 Å². The van der Waals surface area contributed by atoms with E-state index in [1.165, 1.54) is 13.0 Å². The first kappa shape index (κ1) is 15.8. The normalized spacial score (nSPS) is 19.1. The number of allylic oxidation sites excluding steroid dienone is 3. The lowest BCUT2D eigenvalue weighted by atomic mass is 10.3. The van der Waals surface area contributed by atoms with Crippen molar-refractivity contribution < 1.29 is 0 Å². The van der Waals surface area contributed by atoms with Gasteiger partial charge in [0.05, 0.1) is 5.82 Å². The number of hydrogen-bond donors (Lipinski definition) is 3. The second-order valence-electron chi connectivity index (χ2n) is 4.72. The molecule has 108 valence electrons. The van der Waals surface area contributed by atoms with Crippen LogP contribution in [0.15, 0.2) is 36.2 Å². The summed E-state index contributed by atoms with van der Waals surface area (Å²) >= 11 is 0. The van der Waals surface area contributed by atoms with Gasteiger partial charge in [0.25, 0.3) is 0 Å². The van der Waals surface area contributed by atoms with E-state index in [4.69, 9.17) is 5.73 Å². The molecule has 0 atom stereocenters. The van der Waals surface area contributed by atoms with Gasteiger partial charge in [-0.2, -0.15) is 0 Å². The summed E-state index contributed by atoms with van der Waals surface area (Å²) in [7, 11) is 0. The lowest BCUT2D eigenvalue weighted by Crippen LogP contribution is -2.28. The number of nitrogens with two attached hydrogens (primary N) is 1. The average Bonchev–Trinajstić information content (AvgIpc) is 2.67. The molecule has 1 aliphatic heterocycles. The number of nitrogens with one attached hydrogen (secondary N) is 2. The minimum Gasteiger partial charge on any atom is -0.386 e.